The number of fused-ring (bicyclic) bond motifs is 1. The molecule has 0 saturated heterocycles. The van der Waals surface area contributed by atoms with E-state index in [2.05, 4.69) is 9.72 Å². The molecule has 0 aliphatic carbocycles. The molecular weight excluding hydrogens is 204 g/mol. The Bertz CT molecular complexity index is 488. The van der Waals surface area contributed by atoms with E-state index in [0.717, 1.165) is 0 Å². The van der Waals surface area contributed by atoms with Crippen LogP contribution in [0.3, 0.4) is 0 Å². The zero-order valence-electron chi connectivity index (χ0n) is 7.52. The molecule has 0 radical (unpaired) electrons. The largest absolute Gasteiger partial charge is 0.507 e. The number of ether oxygens (including phenoxy) is 1. The molecule has 1 aromatic heterocycles. The molecule has 0 saturated carbocycles. The molecule has 1 N–H and O–H groups in total. The summed E-state index contributed by atoms with van der Waals surface area (Å²) in [5.74, 6) is -0.0573. The maximum Gasteiger partial charge on any atom is 0.387 e. The normalized spacial score (nSPS) is 10.9. The molecule has 5 heteroatoms. The third-order valence-corrected chi connectivity index (χ3v) is 1.93. The van der Waals surface area contributed by atoms with Crippen molar-refractivity contribution >= 4 is 10.9 Å². The Balaban J connectivity index is 2.61. The van der Waals surface area contributed by atoms with Gasteiger partial charge in [0.25, 0.3) is 0 Å². The minimum Gasteiger partial charge on any atom is -0.507 e. The van der Waals surface area contributed by atoms with Crippen LogP contribution in [0.1, 0.15) is 0 Å². The number of nitrogens with zero attached hydrogens (tertiary/aromatic N) is 1. The molecule has 15 heavy (non-hydrogen) atoms. The van der Waals surface area contributed by atoms with E-state index in [1.165, 1.54) is 18.3 Å². The summed E-state index contributed by atoms with van der Waals surface area (Å²) in [6.07, 6.45) is 1.44. The van der Waals surface area contributed by atoms with Crippen molar-refractivity contribution in [2.45, 2.75) is 6.61 Å². The van der Waals surface area contributed by atoms with E-state index < -0.39 is 6.61 Å². The first-order valence-corrected chi connectivity index (χ1v) is 4.20. The first-order valence-electron chi connectivity index (χ1n) is 4.20. The number of alkyl halides is 2. The predicted molar refractivity (Wildman–Crippen MR) is 50.0 cm³/mol. The highest BCUT2D eigenvalue weighted by molar-refractivity contribution is 5.89. The van der Waals surface area contributed by atoms with Crippen LogP contribution in [0, 0.1) is 0 Å². The van der Waals surface area contributed by atoms with Gasteiger partial charge in [0.2, 0.25) is 0 Å². The van der Waals surface area contributed by atoms with Gasteiger partial charge >= 0.3 is 6.61 Å². The SMILES string of the molecule is Oc1ccc(OC(F)F)c2ncccc12. The van der Waals surface area contributed by atoms with E-state index >= 15 is 0 Å². The molecule has 0 unspecified atom stereocenters. The fourth-order valence-electron chi connectivity index (χ4n) is 1.32. The van der Waals surface area contributed by atoms with Crippen molar-refractivity contribution in [2.24, 2.45) is 0 Å². The van der Waals surface area contributed by atoms with E-state index in [-0.39, 0.29) is 17.0 Å². The Kier molecular flexibility index (Phi) is 2.37. The van der Waals surface area contributed by atoms with E-state index in [4.69, 9.17) is 0 Å². The number of rotatable bonds is 2. The maximum absolute atomic E-state index is 12.0. The van der Waals surface area contributed by atoms with Crippen molar-refractivity contribution in [1.29, 1.82) is 0 Å². The van der Waals surface area contributed by atoms with Gasteiger partial charge in [0.05, 0.1) is 0 Å². The van der Waals surface area contributed by atoms with Crippen LogP contribution in [0.4, 0.5) is 8.78 Å². The summed E-state index contributed by atoms with van der Waals surface area (Å²) in [6, 6.07) is 5.74. The number of halogens is 2. The van der Waals surface area contributed by atoms with Crippen molar-refractivity contribution in [3.63, 3.8) is 0 Å². The molecule has 0 aliphatic rings. The fraction of sp³-hybridized carbons (Fsp3) is 0.100. The maximum atomic E-state index is 12.0. The molecule has 1 heterocycles. The predicted octanol–water partition coefficient (Wildman–Crippen LogP) is 2.54. The Hall–Kier alpha value is -1.91. The first-order chi connectivity index (χ1) is 7.18. The van der Waals surface area contributed by atoms with Gasteiger partial charge in [-0.05, 0) is 24.3 Å². The van der Waals surface area contributed by atoms with Crippen molar-refractivity contribution in [3.8, 4) is 11.5 Å². The molecule has 0 fully saturated rings. The van der Waals surface area contributed by atoms with Gasteiger partial charge in [0.1, 0.15) is 11.3 Å². The lowest BCUT2D eigenvalue weighted by molar-refractivity contribution is -0.0489. The van der Waals surface area contributed by atoms with Crippen LogP contribution in [0.2, 0.25) is 0 Å². The van der Waals surface area contributed by atoms with Crippen LogP contribution in [0.25, 0.3) is 10.9 Å². The summed E-state index contributed by atoms with van der Waals surface area (Å²) in [5.41, 5.74) is 0.220. The Morgan fingerprint density at radius 3 is 2.80 bits per heavy atom. The molecule has 1 aromatic carbocycles. The van der Waals surface area contributed by atoms with Crippen molar-refractivity contribution in [3.05, 3.63) is 30.5 Å². The van der Waals surface area contributed by atoms with Gasteiger partial charge < -0.3 is 9.84 Å². The van der Waals surface area contributed by atoms with Gasteiger partial charge in [-0.2, -0.15) is 8.78 Å². The lowest BCUT2D eigenvalue weighted by Gasteiger charge is -2.07. The second-order valence-corrected chi connectivity index (χ2v) is 2.86. The lowest BCUT2D eigenvalue weighted by atomic mass is 10.2. The molecule has 2 rings (SSSR count). The van der Waals surface area contributed by atoms with Crippen molar-refractivity contribution in [2.75, 3.05) is 0 Å². The molecular formula is C10H7F2NO2. The van der Waals surface area contributed by atoms with E-state index in [9.17, 15) is 13.9 Å². The number of aromatic nitrogens is 1. The number of hydrogen-bond acceptors (Lipinski definition) is 3. The third-order valence-electron chi connectivity index (χ3n) is 1.93. The van der Waals surface area contributed by atoms with Gasteiger partial charge in [0.15, 0.2) is 5.75 Å². The summed E-state index contributed by atoms with van der Waals surface area (Å²) >= 11 is 0. The van der Waals surface area contributed by atoms with Crippen LogP contribution in [-0.4, -0.2) is 16.7 Å². The molecule has 0 aliphatic heterocycles. The molecule has 0 amide bonds. The number of phenolic OH excluding ortho intramolecular Hbond substituents is 1. The average Bonchev–Trinajstić information content (AvgIpc) is 2.22. The highest BCUT2D eigenvalue weighted by Gasteiger charge is 2.10. The quantitative estimate of drug-likeness (QED) is 0.829. The van der Waals surface area contributed by atoms with Gasteiger partial charge in [-0.3, -0.25) is 4.98 Å². The number of pyridine rings is 1. The first kappa shape index (κ1) is 9.64. The number of benzene rings is 1. The van der Waals surface area contributed by atoms with Crippen LogP contribution in [0.15, 0.2) is 30.5 Å². The lowest BCUT2D eigenvalue weighted by Crippen LogP contribution is -2.02. The van der Waals surface area contributed by atoms with Gasteiger partial charge in [-0.1, -0.05) is 0 Å². The van der Waals surface area contributed by atoms with E-state index in [0.29, 0.717) is 5.39 Å². The van der Waals surface area contributed by atoms with E-state index in [1.54, 1.807) is 12.1 Å². The highest BCUT2D eigenvalue weighted by atomic mass is 19.3. The number of aromatic hydroxyl groups is 1. The fourth-order valence-corrected chi connectivity index (χ4v) is 1.32. The summed E-state index contributed by atoms with van der Waals surface area (Å²) < 4.78 is 28.3. The number of phenols is 1. The van der Waals surface area contributed by atoms with Crippen LogP contribution < -0.4 is 4.74 Å². The topological polar surface area (TPSA) is 42.4 Å². The minimum atomic E-state index is -2.90. The minimum absolute atomic E-state index is 0.0142. The average molecular weight is 211 g/mol. The Morgan fingerprint density at radius 2 is 2.07 bits per heavy atom. The summed E-state index contributed by atoms with van der Waals surface area (Å²) in [6.45, 7) is -2.90. The molecule has 3 nitrogen and oxygen atoms in total. The molecule has 78 valence electrons. The van der Waals surface area contributed by atoms with Crippen molar-refractivity contribution in [1.82, 2.24) is 4.98 Å². The van der Waals surface area contributed by atoms with E-state index in [1.807, 2.05) is 0 Å². The molecule has 0 atom stereocenters. The second-order valence-electron chi connectivity index (χ2n) is 2.86. The highest BCUT2D eigenvalue weighted by Crippen LogP contribution is 2.31. The van der Waals surface area contributed by atoms with Crippen molar-refractivity contribution < 1.29 is 18.6 Å². The van der Waals surface area contributed by atoms with Crippen LogP contribution >= 0.6 is 0 Å². The molecule has 0 bridgehead atoms. The smallest absolute Gasteiger partial charge is 0.387 e. The third kappa shape index (κ3) is 1.81. The standard InChI is InChI=1S/C10H7F2NO2/c11-10(12)15-8-4-3-7(14)6-2-1-5-13-9(6)8/h1-5,10,14H. The molecule has 2 aromatic rings. The van der Waals surface area contributed by atoms with Gasteiger partial charge in [-0.25, -0.2) is 0 Å². The summed E-state index contributed by atoms with van der Waals surface area (Å²) in [5, 5.41) is 9.83. The zero-order valence-corrected chi connectivity index (χ0v) is 7.52. The van der Waals surface area contributed by atoms with Gasteiger partial charge in [-0.15, -0.1) is 0 Å². The van der Waals surface area contributed by atoms with Crippen LogP contribution in [-0.2, 0) is 0 Å². The summed E-state index contributed by atoms with van der Waals surface area (Å²) in [4.78, 5) is 3.88. The van der Waals surface area contributed by atoms with Crippen LogP contribution in [0.5, 0.6) is 11.5 Å². The molecule has 0 spiro atoms. The number of hydrogen-bond donors (Lipinski definition) is 1. The second kappa shape index (κ2) is 3.68. The zero-order chi connectivity index (χ0) is 10.8. The monoisotopic (exact) mass is 211 g/mol. The Labute approximate surface area is 83.9 Å². The van der Waals surface area contributed by atoms with Gasteiger partial charge in [0, 0.05) is 11.6 Å². The summed E-state index contributed by atoms with van der Waals surface area (Å²) in [7, 11) is 0. The Morgan fingerprint density at radius 1 is 1.27 bits per heavy atom.